The van der Waals surface area contributed by atoms with E-state index in [2.05, 4.69) is 42.3 Å². The van der Waals surface area contributed by atoms with E-state index < -0.39 is 0 Å². The number of nitrogens with zero attached hydrogens (tertiary/aromatic N) is 1. The molecule has 0 aliphatic rings. The lowest BCUT2D eigenvalue weighted by Crippen LogP contribution is -2.06. The minimum absolute atomic E-state index is 0.270. The predicted molar refractivity (Wildman–Crippen MR) is 65.3 cm³/mol. The molecule has 0 saturated heterocycles. The number of hydrogen-bond donors (Lipinski definition) is 1. The van der Waals surface area contributed by atoms with Crippen LogP contribution in [0.5, 0.6) is 0 Å². The molecule has 0 amide bonds. The van der Waals surface area contributed by atoms with E-state index in [1.165, 1.54) is 11.3 Å². The van der Waals surface area contributed by atoms with E-state index in [0.717, 1.165) is 5.01 Å². The standard InChI is InChI=1S/C12H14N2S/c1-9-5-3-4-6-11(9)14-10(2)12-13-7-8-15-12/h3-8,10,14H,1-2H3. The third kappa shape index (κ3) is 2.36. The summed E-state index contributed by atoms with van der Waals surface area (Å²) >= 11 is 1.68. The van der Waals surface area contributed by atoms with E-state index >= 15 is 0 Å². The molecule has 1 aromatic heterocycles. The maximum absolute atomic E-state index is 4.30. The van der Waals surface area contributed by atoms with Crippen LogP contribution in [0.25, 0.3) is 0 Å². The van der Waals surface area contributed by atoms with Crippen LogP contribution in [0.1, 0.15) is 23.5 Å². The van der Waals surface area contributed by atoms with Crippen molar-refractivity contribution in [3.8, 4) is 0 Å². The quantitative estimate of drug-likeness (QED) is 0.851. The Hall–Kier alpha value is -1.35. The van der Waals surface area contributed by atoms with Crippen molar-refractivity contribution in [2.75, 3.05) is 5.32 Å². The van der Waals surface area contributed by atoms with Gasteiger partial charge in [0.25, 0.3) is 0 Å². The number of thiazole rings is 1. The molecule has 1 atom stereocenters. The first-order chi connectivity index (χ1) is 7.27. The predicted octanol–water partition coefficient (Wildman–Crippen LogP) is 3.62. The van der Waals surface area contributed by atoms with Crippen LogP contribution in [0, 0.1) is 6.92 Å². The molecule has 2 rings (SSSR count). The molecule has 0 radical (unpaired) electrons. The summed E-state index contributed by atoms with van der Waals surface area (Å²) in [5.74, 6) is 0. The normalized spacial score (nSPS) is 12.4. The summed E-state index contributed by atoms with van der Waals surface area (Å²) in [7, 11) is 0. The van der Waals surface area contributed by atoms with Crippen molar-refractivity contribution in [1.82, 2.24) is 4.98 Å². The summed E-state index contributed by atoms with van der Waals surface area (Å²) in [6, 6.07) is 8.57. The Morgan fingerprint density at radius 3 is 2.80 bits per heavy atom. The second-order valence-corrected chi connectivity index (χ2v) is 4.48. The zero-order valence-electron chi connectivity index (χ0n) is 8.90. The molecule has 1 aromatic carbocycles. The molecular weight excluding hydrogens is 204 g/mol. The third-order valence-electron chi connectivity index (χ3n) is 2.34. The molecule has 0 aliphatic carbocycles. The third-order valence-corrected chi connectivity index (χ3v) is 3.30. The zero-order valence-corrected chi connectivity index (χ0v) is 9.71. The largest absolute Gasteiger partial charge is 0.376 e. The van der Waals surface area contributed by atoms with E-state index in [1.54, 1.807) is 11.3 Å². The molecule has 3 heteroatoms. The second-order valence-electron chi connectivity index (χ2n) is 3.55. The molecule has 1 heterocycles. The summed E-state index contributed by atoms with van der Waals surface area (Å²) < 4.78 is 0. The second kappa shape index (κ2) is 4.45. The highest BCUT2D eigenvalue weighted by Gasteiger charge is 2.08. The van der Waals surface area contributed by atoms with Crippen molar-refractivity contribution < 1.29 is 0 Å². The fourth-order valence-corrected chi connectivity index (χ4v) is 2.12. The van der Waals surface area contributed by atoms with Crippen LogP contribution < -0.4 is 5.32 Å². The molecule has 1 N–H and O–H groups in total. The summed E-state index contributed by atoms with van der Waals surface area (Å²) in [6.07, 6.45) is 1.84. The van der Waals surface area contributed by atoms with Gasteiger partial charge in [0, 0.05) is 17.3 Å². The molecular formula is C12H14N2S. The van der Waals surface area contributed by atoms with Crippen LogP contribution in [-0.2, 0) is 0 Å². The van der Waals surface area contributed by atoms with Crippen LogP contribution in [0.4, 0.5) is 5.69 Å². The number of nitrogens with one attached hydrogen (secondary N) is 1. The van der Waals surface area contributed by atoms with E-state index in [1.807, 2.05) is 17.6 Å². The number of aryl methyl sites for hydroxylation is 1. The van der Waals surface area contributed by atoms with Gasteiger partial charge >= 0.3 is 0 Å². The van der Waals surface area contributed by atoms with Gasteiger partial charge in [0.05, 0.1) is 6.04 Å². The smallest absolute Gasteiger partial charge is 0.115 e. The minimum Gasteiger partial charge on any atom is -0.376 e. The molecule has 1 unspecified atom stereocenters. The maximum atomic E-state index is 4.30. The molecule has 0 saturated carbocycles. The number of benzene rings is 1. The fourth-order valence-electron chi connectivity index (χ4n) is 1.48. The molecule has 0 spiro atoms. The van der Waals surface area contributed by atoms with Gasteiger partial charge in [-0.15, -0.1) is 11.3 Å². The molecule has 2 nitrogen and oxygen atoms in total. The number of rotatable bonds is 3. The average Bonchev–Trinajstić information content (AvgIpc) is 2.74. The van der Waals surface area contributed by atoms with Gasteiger partial charge in [-0.05, 0) is 25.5 Å². The summed E-state index contributed by atoms with van der Waals surface area (Å²) in [4.78, 5) is 4.30. The van der Waals surface area contributed by atoms with E-state index in [4.69, 9.17) is 0 Å². The summed E-state index contributed by atoms with van der Waals surface area (Å²) in [5, 5.41) is 6.59. The lowest BCUT2D eigenvalue weighted by Gasteiger charge is -2.14. The van der Waals surface area contributed by atoms with Crippen LogP contribution >= 0.6 is 11.3 Å². The van der Waals surface area contributed by atoms with Gasteiger partial charge in [-0.3, -0.25) is 0 Å². The van der Waals surface area contributed by atoms with Crippen molar-refractivity contribution in [2.45, 2.75) is 19.9 Å². The minimum atomic E-state index is 0.270. The highest BCUT2D eigenvalue weighted by atomic mass is 32.1. The SMILES string of the molecule is Cc1ccccc1NC(C)c1nccs1. The first-order valence-electron chi connectivity index (χ1n) is 4.99. The van der Waals surface area contributed by atoms with Crippen LogP contribution in [0.3, 0.4) is 0 Å². The van der Waals surface area contributed by atoms with Crippen LogP contribution in [0.15, 0.2) is 35.8 Å². The molecule has 15 heavy (non-hydrogen) atoms. The van der Waals surface area contributed by atoms with Gasteiger partial charge in [-0.25, -0.2) is 4.98 Å². The van der Waals surface area contributed by atoms with Gasteiger partial charge < -0.3 is 5.32 Å². The van der Waals surface area contributed by atoms with E-state index in [-0.39, 0.29) is 6.04 Å². The highest BCUT2D eigenvalue weighted by Crippen LogP contribution is 2.22. The molecule has 2 aromatic rings. The Bertz CT molecular complexity index is 423. The monoisotopic (exact) mass is 218 g/mol. The number of aromatic nitrogens is 1. The van der Waals surface area contributed by atoms with Crippen LogP contribution in [0.2, 0.25) is 0 Å². The van der Waals surface area contributed by atoms with Gasteiger partial charge in [-0.1, -0.05) is 18.2 Å². The van der Waals surface area contributed by atoms with Gasteiger partial charge in [0.15, 0.2) is 0 Å². The average molecular weight is 218 g/mol. The van der Waals surface area contributed by atoms with Crippen molar-refractivity contribution in [2.24, 2.45) is 0 Å². The van der Waals surface area contributed by atoms with Crippen molar-refractivity contribution in [1.29, 1.82) is 0 Å². The molecule has 0 aliphatic heterocycles. The van der Waals surface area contributed by atoms with Gasteiger partial charge in [-0.2, -0.15) is 0 Å². The molecule has 0 bridgehead atoms. The number of anilines is 1. The number of hydrogen-bond acceptors (Lipinski definition) is 3. The first kappa shape index (κ1) is 10.2. The molecule has 0 fully saturated rings. The summed E-state index contributed by atoms with van der Waals surface area (Å²) in [5.41, 5.74) is 2.45. The Kier molecular flexibility index (Phi) is 3.02. The highest BCUT2D eigenvalue weighted by molar-refractivity contribution is 7.09. The van der Waals surface area contributed by atoms with Gasteiger partial charge in [0.1, 0.15) is 5.01 Å². The molecule has 78 valence electrons. The lowest BCUT2D eigenvalue weighted by atomic mass is 10.2. The Labute approximate surface area is 94.0 Å². The van der Waals surface area contributed by atoms with Crippen molar-refractivity contribution in [3.63, 3.8) is 0 Å². The maximum Gasteiger partial charge on any atom is 0.115 e. The Morgan fingerprint density at radius 1 is 1.33 bits per heavy atom. The Balaban J connectivity index is 2.13. The van der Waals surface area contributed by atoms with Crippen molar-refractivity contribution >= 4 is 17.0 Å². The Morgan fingerprint density at radius 2 is 2.13 bits per heavy atom. The van der Waals surface area contributed by atoms with Gasteiger partial charge in [0.2, 0.25) is 0 Å². The fraction of sp³-hybridized carbons (Fsp3) is 0.250. The summed E-state index contributed by atoms with van der Waals surface area (Å²) in [6.45, 7) is 4.24. The first-order valence-corrected chi connectivity index (χ1v) is 5.87. The van der Waals surface area contributed by atoms with E-state index in [9.17, 15) is 0 Å². The zero-order chi connectivity index (χ0) is 10.7. The van der Waals surface area contributed by atoms with Crippen LogP contribution in [-0.4, -0.2) is 4.98 Å². The van der Waals surface area contributed by atoms with Crippen molar-refractivity contribution in [3.05, 3.63) is 46.4 Å². The topological polar surface area (TPSA) is 24.9 Å². The number of para-hydroxylation sites is 1. The lowest BCUT2D eigenvalue weighted by molar-refractivity contribution is 0.868. The van der Waals surface area contributed by atoms with E-state index in [0.29, 0.717) is 0 Å².